The van der Waals surface area contributed by atoms with Gasteiger partial charge in [0.1, 0.15) is 11.4 Å². The fraction of sp³-hybridized carbons (Fsp3) is 0.222. The molecule has 1 aromatic carbocycles. The van der Waals surface area contributed by atoms with Crippen molar-refractivity contribution in [2.75, 3.05) is 17.7 Å². The van der Waals surface area contributed by atoms with Gasteiger partial charge in [-0.05, 0) is 18.2 Å². The third-order valence-electron chi connectivity index (χ3n) is 2.02. The van der Waals surface area contributed by atoms with Crippen LogP contribution in [-0.4, -0.2) is 27.8 Å². The largest absolute Gasteiger partial charge is 0.495 e. The third kappa shape index (κ3) is 3.04. The van der Waals surface area contributed by atoms with Crippen molar-refractivity contribution in [3.63, 3.8) is 0 Å². The predicted octanol–water partition coefficient (Wildman–Crippen LogP) is 0.829. The van der Waals surface area contributed by atoms with E-state index in [2.05, 4.69) is 12.8 Å². The first kappa shape index (κ1) is 13.7. The van der Waals surface area contributed by atoms with E-state index >= 15 is 0 Å². The van der Waals surface area contributed by atoms with Gasteiger partial charge in [0.15, 0.2) is 9.84 Å². The van der Waals surface area contributed by atoms with Crippen molar-refractivity contribution in [1.29, 1.82) is 0 Å². The van der Waals surface area contributed by atoms with Crippen LogP contribution >= 0.6 is 12.8 Å². The standard InChI is InChI=1S/C9H12N2O4S2/c1-15-8-4-3-6(17(2,13)14)5-7(8)11(16)9(10)12/h3-5,16H,1-2H3,(H2,10,12). The molecule has 1 aromatic rings. The third-order valence-corrected chi connectivity index (χ3v) is 3.54. The van der Waals surface area contributed by atoms with Gasteiger partial charge in [-0.25, -0.2) is 17.5 Å². The summed E-state index contributed by atoms with van der Waals surface area (Å²) in [7, 11) is -1.99. The summed E-state index contributed by atoms with van der Waals surface area (Å²) in [5.41, 5.74) is 5.23. The van der Waals surface area contributed by atoms with Crippen LogP contribution in [0.15, 0.2) is 23.1 Å². The molecule has 0 atom stereocenters. The van der Waals surface area contributed by atoms with E-state index in [1.807, 2.05) is 0 Å². The highest BCUT2D eigenvalue weighted by Crippen LogP contribution is 2.31. The molecule has 6 nitrogen and oxygen atoms in total. The molecule has 0 aliphatic heterocycles. The smallest absolute Gasteiger partial charge is 0.329 e. The predicted molar refractivity (Wildman–Crippen MR) is 67.2 cm³/mol. The second kappa shape index (κ2) is 4.84. The maximum absolute atomic E-state index is 11.4. The van der Waals surface area contributed by atoms with E-state index in [0.717, 1.165) is 10.6 Å². The summed E-state index contributed by atoms with van der Waals surface area (Å²) in [4.78, 5) is 11.0. The number of hydrogen-bond donors (Lipinski definition) is 2. The number of carbonyl (C=O) groups excluding carboxylic acids is 1. The number of ether oxygens (including phenoxy) is 1. The number of benzene rings is 1. The first-order valence-electron chi connectivity index (χ1n) is 4.44. The normalized spacial score (nSPS) is 11.0. The van der Waals surface area contributed by atoms with Gasteiger partial charge in [0.2, 0.25) is 0 Å². The first-order valence-corrected chi connectivity index (χ1v) is 6.73. The van der Waals surface area contributed by atoms with Crippen LogP contribution in [0.1, 0.15) is 0 Å². The number of rotatable bonds is 3. The second-order valence-corrected chi connectivity index (χ2v) is 5.67. The molecular weight excluding hydrogens is 264 g/mol. The molecule has 0 saturated carbocycles. The molecule has 2 N–H and O–H groups in total. The summed E-state index contributed by atoms with van der Waals surface area (Å²) in [5, 5.41) is 0. The molecule has 0 spiro atoms. The molecule has 1 rings (SSSR count). The Morgan fingerprint density at radius 2 is 2.06 bits per heavy atom. The van der Waals surface area contributed by atoms with E-state index in [4.69, 9.17) is 10.5 Å². The minimum Gasteiger partial charge on any atom is -0.495 e. The van der Waals surface area contributed by atoms with Gasteiger partial charge in [-0.1, -0.05) is 12.8 Å². The van der Waals surface area contributed by atoms with Gasteiger partial charge in [0.05, 0.1) is 12.0 Å². The van der Waals surface area contributed by atoms with Crippen LogP contribution in [0.3, 0.4) is 0 Å². The zero-order valence-corrected chi connectivity index (χ0v) is 11.0. The number of sulfone groups is 1. The average Bonchev–Trinajstić information content (AvgIpc) is 2.25. The molecule has 0 unspecified atom stereocenters. The lowest BCUT2D eigenvalue weighted by molar-refractivity contribution is 0.257. The molecule has 0 aromatic heterocycles. The van der Waals surface area contributed by atoms with Crippen molar-refractivity contribution < 1.29 is 17.9 Å². The van der Waals surface area contributed by atoms with Crippen molar-refractivity contribution in [3.05, 3.63) is 18.2 Å². The lowest BCUT2D eigenvalue weighted by atomic mass is 10.3. The van der Waals surface area contributed by atoms with Crippen LogP contribution in [0.4, 0.5) is 10.5 Å². The Morgan fingerprint density at radius 1 is 1.47 bits per heavy atom. The minimum absolute atomic E-state index is 0.0496. The zero-order chi connectivity index (χ0) is 13.2. The number of thiol groups is 1. The maximum atomic E-state index is 11.4. The van der Waals surface area contributed by atoms with E-state index in [0.29, 0.717) is 5.75 Å². The topological polar surface area (TPSA) is 89.7 Å². The van der Waals surface area contributed by atoms with E-state index in [-0.39, 0.29) is 10.6 Å². The van der Waals surface area contributed by atoms with Crippen LogP contribution in [-0.2, 0) is 9.84 Å². The van der Waals surface area contributed by atoms with E-state index in [1.165, 1.54) is 25.3 Å². The summed E-state index contributed by atoms with van der Waals surface area (Å²) < 4.78 is 28.6. The van der Waals surface area contributed by atoms with Crippen LogP contribution in [0.25, 0.3) is 0 Å². The number of amides is 2. The number of urea groups is 1. The molecule has 0 saturated heterocycles. The number of carbonyl (C=O) groups is 1. The fourth-order valence-corrected chi connectivity index (χ4v) is 1.98. The highest BCUT2D eigenvalue weighted by Gasteiger charge is 2.17. The number of hydrogen-bond acceptors (Lipinski definition) is 5. The summed E-state index contributed by atoms with van der Waals surface area (Å²) in [5.74, 6) is 0.297. The molecule has 2 amide bonds. The molecule has 0 heterocycles. The van der Waals surface area contributed by atoms with Crippen LogP contribution in [0.5, 0.6) is 5.75 Å². The Bertz CT molecular complexity index is 542. The highest BCUT2D eigenvalue weighted by molar-refractivity contribution is 7.90. The monoisotopic (exact) mass is 276 g/mol. The van der Waals surface area contributed by atoms with Crippen LogP contribution < -0.4 is 14.8 Å². The van der Waals surface area contributed by atoms with Gasteiger partial charge in [0, 0.05) is 6.26 Å². The summed E-state index contributed by atoms with van der Waals surface area (Å²) in [6, 6.07) is 3.24. The molecule has 17 heavy (non-hydrogen) atoms. The Morgan fingerprint density at radius 3 is 2.47 bits per heavy atom. The Hall–Kier alpha value is -1.41. The highest BCUT2D eigenvalue weighted by atomic mass is 32.2. The summed E-state index contributed by atoms with van der Waals surface area (Å²) in [6.45, 7) is 0. The van der Waals surface area contributed by atoms with Crippen molar-refractivity contribution in [2.24, 2.45) is 5.73 Å². The number of anilines is 1. The van der Waals surface area contributed by atoms with Crippen molar-refractivity contribution in [3.8, 4) is 5.75 Å². The first-order chi connectivity index (χ1) is 7.77. The Kier molecular flexibility index (Phi) is 3.89. The number of nitrogens with zero attached hydrogens (tertiary/aromatic N) is 1. The maximum Gasteiger partial charge on any atom is 0.329 e. The quantitative estimate of drug-likeness (QED) is 0.800. The van der Waals surface area contributed by atoms with Gasteiger partial charge in [-0.15, -0.1) is 0 Å². The van der Waals surface area contributed by atoms with Crippen molar-refractivity contribution in [1.82, 2.24) is 0 Å². The number of primary amides is 1. The number of nitrogens with two attached hydrogens (primary N) is 1. The molecule has 8 heteroatoms. The fourth-order valence-electron chi connectivity index (χ4n) is 1.18. The Labute approximate surface area is 105 Å². The minimum atomic E-state index is -3.38. The molecule has 0 aliphatic rings. The summed E-state index contributed by atoms with van der Waals surface area (Å²) in [6.07, 6.45) is 1.06. The summed E-state index contributed by atoms with van der Waals surface area (Å²) >= 11 is 3.87. The van der Waals surface area contributed by atoms with Gasteiger partial charge >= 0.3 is 6.03 Å². The van der Waals surface area contributed by atoms with Gasteiger partial charge in [-0.3, -0.25) is 0 Å². The van der Waals surface area contributed by atoms with Crippen LogP contribution in [0, 0.1) is 0 Å². The van der Waals surface area contributed by atoms with E-state index in [1.54, 1.807) is 0 Å². The van der Waals surface area contributed by atoms with Gasteiger partial charge < -0.3 is 10.5 Å². The Balaban J connectivity index is 3.40. The molecular formula is C9H12N2O4S2. The van der Waals surface area contributed by atoms with Gasteiger partial charge in [-0.2, -0.15) is 0 Å². The molecule has 0 aliphatic carbocycles. The van der Waals surface area contributed by atoms with Crippen LogP contribution in [0.2, 0.25) is 0 Å². The van der Waals surface area contributed by atoms with Crippen molar-refractivity contribution >= 4 is 34.4 Å². The zero-order valence-electron chi connectivity index (χ0n) is 9.25. The molecule has 94 valence electrons. The SMILES string of the molecule is COc1ccc(S(C)(=O)=O)cc1N(S)C(N)=O. The van der Waals surface area contributed by atoms with E-state index < -0.39 is 15.9 Å². The van der Waals surface area contributed by atoms with Crippen molar-refractivity contribution in [2.45, 2.75) is 4.90 Å². The molecule has 0 bridgehead atoms. The molecule has 0 fully saturated rings. The lowest BCUT2D eigenvalue weighted by Gasteiger charge is -2.16. The average molecular weight is 276 g/mol. The second-order valence-electron chi connectivity index (χ2n) is 3.26. The van der Waals surface area contributed by atoms with E-state index in [9.17, 15) is 13.2 Å². The molecule has 0 radical (unpaired) electrons. The number of methoxy groups -OCH3 is 1. The van der Waals surface area contributed by atoms with Gasteiger partial charge in [0.25, 0.3) is 0 Å². The lowest BCUT2D eigenvalue weighted by Crippen LogP contribution is -2.27.